The van der Waals surface area contributed by atoms with E-state index in [9.17, 15) is 18.4 Å². The molecule has 31 heavy (non-hydrogen) atoms. The number of aromatic nitrogens is 3. The van der Waals surface area contributed by atoms with Crippen LogP contribution in [0.25, 0.3) is 10.6 Å². The van der Waals surface area contributed by atoms with Crippen molar-refractivity contribution < 1.29 is 27.8 Å². The van der Waals surface area contributed by atoms with Crippen LogP contribution in [0.3, 0.4) is 0 Å². The molecular formula is C20H16F2N4O4S. The molecule has 1 aliphatic rings. The van der Waals surface area contributed by atoms with E-state index in [0.29, 0.717) is 4.88 Å². The van der Waals surface area contributed by atoms with Crippen LogP contribution in [0.15, 0.2) is 36.8 Å². The molecule has 0 aromatic carbocycles. The summed E-state index contributed by atoms with van der Waals surface area (Å²) in [4.78, 5) is 39.3. The molecule has 1 amide bonds. The predicted octanol–water partition coefficient (Wildman–Crippen LogP) is 2.61. The summed E-state index contributed by atoms with van der Waals surface area (Å²) in [6.45, 7) is 0.300. The Bertz CT molecular complexity index is 1140. The summed E-state index contributed by atoms with van der Waals surface area (Å²) in [5, 5.41) is 0.118. The highest BCUT2D eigenvalue weighted by molar-refractivity contribution is 7.17. The maximum atomic E-state index is 13.9. The van der Waals surface area contributed by atoms with Crippen molar-refractivity contribution >= 4 is 23.0 Å². The number of hydrogen-bond donors (Lipinski definition) is 0. The van der Waals surface area contributed by atoms with E-state index >= 15 is 0 Å². The first-order valence-corrected chi connectivity index (χ1v) is 10.0. The lowest BCUT2D eigenvalue weighted by Crippen LogP contribution is -2.48. The topological polar surface area (TPSA) is 94.5 Å². The molecule has 1 aliphatic heterocycles. The zero-order valence-corrected chi connectivity index (χ0v) is 17.1. The molecule has 0 aliphatic carbocycles. The van der Waals surface area contributed by atoms with E-state index in [0.717, 1.165) is 23.6 Å². The Balaban J connectivity index is 1.48. The summed E-state index contributed by atoms with van der Waals surface area (Å²) >= 11 is 0.992. The van der Waals surface area contributed by atoms with Crippen LogP contribution in [0.4, 0.5) is 8.78 Å². The number of pyridine rings is 2. The van der Waals surface area contributed by atoms with Crippen LogP contribution in [-0.2, 0) is 4.74 Å². The summed E-state index contributed by atoms with van der Waals surface area (Å²) < 4.78 is 38.2. The van der Waals surface area contributed by atoms with Gasteiger partial charge in [-0.1, -0.05) is 0 Å². The van der Waals surface area contributed by atoms with Gasteiger partial charge in [-0.15, -0.1) is 11.3 Å². The fourth-order valence-corrected chi connectivity index (χ4v) is 3.94. The molecule has 8 nitrogen and oxygen atoms in total. The highest BCUT2D eigenvalue weighted by Crippen LogP contribution is 2.28. The number of Topliss-reactive ketones (excluding diaryl/α,β-unsaturated/α-hetero) is 1. The van der Waals surface area contributed by atoms with E-state index in [2.05, 4.69) is 15.0 Å². The van der Waals surface area contributed by atoms with Crippen LogP contribution < -0.4 is 4.74 Å². The van der Waals surface area contributed by atoms with Crippen LogP contribution in [0.5, 0.6) is 5.75 Å². The smallest absolute Gasteiger partial charge is 0.272 e. The van der Waals surface area contributed by atoms with Crippen molar-refractivity contribution in [1.82, 2.24) is 19.9 Å². The Kier molecular flexibility index (Phi) is 5.96. The van der Waals surface area contributed by atoms with Gasteiger partial charge in [-0.05, 0) is 12.1 Å². The van der Waals surface area contributed by atoms with E-state index in [1.807, 2.05) is 0 Å². The van der Waals surface area contributed by atoms with Gasteiger partial charge in [0.1, 0.15) is 23.3 Å². The molecule has 1 saturated heterocycles. The van der Waals surface area contributed by atoms with Crippen molar-refractivity contribution in [2.24, 2.45) is 0 Å². The normalized spacial score (nSPS) is 16.2. The standard InChI is InChI=1S/C20H16F2N4O4S/c1-29-14-8-24-13(7-12(14)22)20(28)26-5-6-30-15(10-26)18(27)19-25-9-16(31-19)17-11(21)3-2-4-23-17/h2-4,7-9,15H,5-6,10H2,1H3/t15-/m0/s1. The van der Waals surface area contributed by atoms with Gasteiger partial charge in [-0.2, -0.15) is 0 Å². The Labute approximate surface area is 179 Å². The highest BCUT2D eigenvalue weighted by atomic mass is 32.1. The Morgan fingerprint density at radius 3 is 2.81 bits per heavy atom. The molecule has 0 bridgehead atoms. The Morgan fingerprint density at radius 2 is 2.06 bits per heavy atom. The van der Waals surface area contributed by atoms with E-state index in [4.69, 9.17) is 9.47 Å². The average Bonchev–Trinajstić information content (AvgIpc) is 3.28. The number of morpholine rings is 1. The number of ether oxygens (including phenoxy) is 2. The summed E-state index contributed by atoms with van der Waals surface area (Å²) in [6, 6.07) is 3.73. The van der Waals surface area contributed by atoms with Crippen molar-refractivity contribution in [2.45, 2.75) is 6.10 Å². The number of rotatable bonds is 5. The number of halogens is 2. The molecule has 0 spiro atoms. The number of carbonyl (C=O) groups is 2. The fourth-order valence-electron chi connectivity index (χ4n) is 3.04. The first-order valence-electron chi connectivity index (χ1n) is 9.19. The number of amides is 1. The lowest BCUT2D eigenvalue weighted by molar-refractivity contribution is -0.0117. The Morgan fingerprint density at radius 1 is 1.23 bits per heavy atom. The average molecular weight is 446 g/mol. The fraction of sp³-hybridized carbons (Fsp3) is 0.250. The maximum absolute atomic E-state index is 13.9. The number of thiazole rings is 1. The van der Waals surface area contributed by atoms with E-state index in [1.165, 1.54) is 36.5 Å². The lowest BCUT2D eigenvalue weighted by atomic mass is 10.1. The zero-order valence-electron chi connectivity index (χ0n) is 16.2. The van der Waals surface area contributed by atoms with Crippen LogP contribution in [0.1, 0.15) is 20.3 Å². The highest BCUT2D eigenvalue weighted by Gasteiger charge is 2.32. The molecule has 0 radical (unpaired) electrons. The number of hydrogen-bond acceptors (Lipinski definition) is 8. The van der Waals surface area contributed by atoms with Gasteiger partial charge >= 0.3 is 0 Å². The van der Waals surface area contributed by atoms with Crippen LogP contribution in [0, 0.1) is 11.6 Å². The van der Waals surface area contributed by atoms with Crippen molar-refractivity contribution in [2.75, 3.05) is 26.8 Å². The van der Waals surface area contributed by atoms with Crippen molar-refractivity contribution in [3.8, 4) is 16.3 Å². The quantitative estimate of drug-likeness (QED) is 0.556. The first-order chi connectivity index (χ1) is 15.0. The van der Waals surface area contributed by atoms with Gasteiger partial charge in [0.15, 0.2) is 16.6 Å². The summed E-state index contributed by atoms with van der Waals surface area (Å²) in [7, 11) is 1.30. The maximum Gasteiger partial charge on any atom is 0.272 e. The monoisotopic (exact) mass is 446 g/mol. The van der Waals surface area contributed by atoms with Crippen LogP contribution in [-0.4, -0.2) is 64.5 Å². The minimum atomic E-state index is -0.951. The molecular weight excluding hydrogens is 430 g/mol. The largest absolute Gasteiger partial charge is 0.492 e. The third-order valence-electron chi connectivity index (χ3n) is 4.61. The molecule has 1 fully saturated rings. The number of methoxy groups -OCH3 is 1. The molecule has 0 saturated carbocycles. The minimum absolute atomic E-state index is 0.0418. The SMILES string of the molecule is COc1cnc(C(=O)N2CCO[C@H](C(=O)c3ncc(-c4ncccc4F)s3)C2)cc1F. The predicted molar refractivity (Wildman–Crippen MR) is 106 cm³/mol. The van der Waals surface area contributed by atoms with Crippen LogP contribution in [0.2, 0.25) is 0 Å². The molecule has 1 atom stereocenters. The van der Waals surface area contributed by atoms with Crippen LogP contribution >= 0.6 is 11.3 Å². The third kappa shape index (κ3) is 4.28. The molecule has 0 N–H and O–H groups in total. The summed E-state index contributed by atoms with van der Waals surface area (Å²) in [6.07, 6.45) is 3.00. The molecule has 160 valence electrons. The second-order valence-electron chi connectivity index (χ2n) is 6.54. The van der Waals surface area contributed by atoms with Crippen molar-refractivity contribution in [1.29, 1.82) is 0 Å². The summed E-state index contributed by atoms with van der Waals surface area (Å²) in [5.41, 5.74) is 0.00147. The second-order valence-corrected chi connectivity index (χ2v) is 7.57. The molecule has 4 heterocycles. The van der Waals surface area contributed by atoms with Gasteiger partial charge in [0.05, 0.1) is 31.3 Å². The summed E-state index contributed by atoms with van der Waals surface area (Å²) in [5.74, 6) is -2.26. The van der Waals surface area contributed by atoms with Crippen molar-refractivity contribution in [3.05, 3.63) is 59.1 Å². The van der Waals surface area contributed by atoms with Gasteiger partial charge in [-0.3, -0.25) is 14.6 Å². The third-order valence-corrected chi connectivity index (χ3v) is 5.63. The lowest BCUT2D eigenvalue weighted by Gasteiger charge is -2.31. The van der Waals surface area contributed by atoms with Gasteiger partial charge in [0.25, 0.3) is 5.91 Å². The van der Waals surface area contributed by atoms with E-state index in [1.54, 1.807) is 0 Å². The number of nitrogens with zero attached hydrogens (tertiary/aromatic N) is 4. The first kappa shape index (κ1) is 20.9. The van der Waals surface area contributed by atoms with Gasteiger partial charge < -0.3 is 14.4 Å². The van der Waals surface area contributed by atoms with Gasteiger partial charge in [0, 0.05) is 25.0 Å². The molecule has 3 aromatic heterocycles. The number of ketones is 1. The second kappa shape index (κ2) is 8.82. The molecule has 3 aromatic rings. The molecule has 0 unspecified atom stereocenters. The van der Waals surface area contributed by atoms with Gasteiger partial charge in [-0.25, -0.2) is 18.7 Å². The van der Waals surface area contributed by atoms with E-state index < -0.39 is 29.4 Å². The Hall–Kier alpha value is -3.31. The van der Waals surface area contributed by atoms with Crippen molar-refractivity contribution in [3.63, 3.8) is 0 Å². The molecule has 11 heteroatoms. The minimum Gasteiger partial charge on any atom is -0.492 e. The number of carbonyl (C=O) groups excluding carboxylic acids is 2. The van der Waals surface area contributed by atoms with E-state index in [-0.39, 0.29) is 41.8 Å². The zero-order chi connectivity index (χ0) is 22.0. The molecule has 4 rings (SSSR count). The van der Waals surface area contributed by atoms with Gasteiger partial charge in [0.2, 0.25) is 5.78 Å².